The third kappa shape index (κ3) is 3.66. The number of anilines is 1. The molecule has 0 spiro atoms. The zero-order chi connectivity index (χ0) is 19.5. The van der Waals surface area contributed by atoms with Crippen LogP contribution in [0.3, 0.4) is 0 Å². The molecular formula is C20H19ClN4O3. The van der Waals surface area contributed by atoms with Gasteiger partial charge in [-0.3, -0.25) is 0 Å². The van der Waals surface area contributed by atoms with Gasteiger partial charge in [0.05, 0.1) is 12.8 Å². The first-order chi connectivity index (χ1) is 13.7. The number of likely N-dealkylation sites (tertiary alicyclic amines) is 1. The van der Waals surface area contributed by atoms with Gasteiger partial charge in [0.15, 0.2) is 0 Å². The van der Waals surface area contributed by atoms with Crippen LogP contribution in [0.15, 0.2) is 53.1 Å². The van der Waals surface area contributed by atoms with Crippen LogP contribution in [-0.2, 0) is 0 Å². The van der Waals surface area contributed by atoms with Gasteiger partial charge in [0.2, 0.25) is 11.7 Å². The second-order valence-electron chi connectivity index (χ2n) is 6.45. The first-order valence-corrected chi connectivity index (χ1v) is 9.33. The number of halogens is 1. The molecule has 0 bridgehead atoms. The number of ether oxygens (including phenoxy) is 1. The fourth-order valence-corrected chi connectivity index (χ4v) is 3.51. The predicted molar refractivity (Wildman–Crippen MR) is 105 cm³/mol. The topological polar surface area (TPSA) is 80.5 Å². The van der Waals surface area contributed by atoms with Crippen molar-refractivity contribution in [1.29, 1.82) is 0 Å². The van der Waals surface area contributed by atoms with Crippen LogP contribution in [0, 0.1) is 0 Å². The molecule has 1 atom stereocenters. The molecule has 7 nitrogen and oxygen atoms in total. The largest absolute Gasteiger partial charge is 0.495 e. The number of carbonyl (C=O) groups excluding carboxylic acids is 1. The Balaban J connectivity index is 1.53. The first kappa shape index (κ1) is 18.3. The number of nitrogens with zero attached hydrogens (tertiary/aromatic N) is 3. The van der Waals surface area contributed by atoms with Gasteiger partial charge in [-0.25, -0.2) is 4.79 Å². The summed E-state index contributed by atoms with van der Waals surface area (Å²) < 4.78 is 10.8. The molecule has 1 unspecified atom stereocenters. The van der Waals surface area contributed by atoms with E-state index in [1.54, 1.807) is 36.3 Å². The maximum Gasteiger partial charge on any atom is 0.322 e. The molecular weight excluding hydrogens is 380 g/mol. The molecule has 1 aliphatic heterocycles. The highest BCUT2D eigenvalue weighted by Crippen LogP contribution is 2.33. The first-order valence-electron chi connectivity index (χ1n) is 8.96. The van der Waals surface area contributed by atoms with Gasteiger partial charge in [-0.2, -0.15) is 4.98 Å². The van der Waals surface area contributed by atoms with E-state index in [2.05, 4.69) is 15.5 Å². The van der Waals surface area contributed by atoms with Gasteiger partial charge in [-0.1, -0.05) is 41.0 Å². The molecule has 1 N–H and O–H groups in total. The minimum absolute atomic E-state index is 0.227. The Morgan fingerprint density at radius 2 is 2.14 bits per heavy atom. The maximum absolute atomic E-state index is 12.8. The van der Waals surface area contributed by atoms with Crippen LogP contribution >= 0.6 is 11.6 Å². The number of nitrogens with one attached hydrogen (secondary N) is 1. The van der Waals surface area contributed by atoms with Crippen LogP contribution in [0.25, 0.3) is 11.4 Å². The number of amides is 2. The number of hydrogen-bond donors (Lipinski definition) is 1. The van der Waals surface area contributed by atoms with Gasteiger partial charge >= 0.3 is 6.03 Å². The molecule has 1 aromatic heterocycles. The maximum atomic E-state index is 12.8. The second-order valence-corrected chi connectivity index (χ2v) is 6.88. The molecule has 2 aromatic carbocycles. The van der Waals surface area contributed by atoms with Crippen LogP contribution in [0.2, 0.25) is 5.02 Å². The molecule has 3 aromatic rings. The van der Waals surface area contributed by atoms with Crippen molar-refractivity contribution in [1.82, 2.24) is 15.0 Å². The van der Waals surface area contributed by atoms with E-state index in [0.717, 1.165) is 18.4 Å². The smallest absolute Gasteiger partial charge is 0.322 e. The summed E-state index contributed by atoms with van der Waals surface area (Å²) in [6, 6.07) is 14.0. The number of benzene rings is 2. The SMILES string of the molecule is COc1ccccc1NC(=O)N1CCCC1c1nc(-c2cccc(Cl)c2)no1. The molecule has 1 saturated heterocycles. The summed E-state index contributed by atoms with van der Waals surface area (Å²) in [6.07, 6.45) is 1.62. The lowest BCUT2D eigenvalue weighted by Crippen LogP contribution is -2.34. The quantitative estimate of drug-likeness (QED) is 0.684. The van der Waals surface area contributed by atoms with E-state index in [4.69, 9.17) is 20.9 Å². The Bertz CT molecular complexity index is 991. The lowest BCUT2D eigenvalue weighted by Gasteiger charge is -2.22. The Morgan fingerprint density at radius 3 is 2.96 bits per heavy atom. The Hall–Kier alpha value is -3.06. The van der Waals surface area contributed by atoms with Crippen molar-refractivity contribution in [3.8, 4) is 17.1 Å². The Labute approximate surface area is 167 Å². The second kappa shape index (κ2) is 7.90. The number of aromatic nitrogens is 2. The van der Waals surface area contributed by atoms with E-state index in [1.165, 1.54) is 0 Å². The summed E-state index contributed by atoms with van der Waals surface area (Å²) >= 11 is 6.04. The summed E-state index contributed by atoms with van der Waals surface area (Å²) in [5.74, 6) is 1.48. The summed E-state index contributed by atoms with van der Waals surface area (Å²) in [5, 5.41) is 7.56. The normalized spacial score (nSPS) is 16.2. The van der Waals surface area contributed by atoms with Crippen LogP contribution in [0.5, 0.6) is 5.75 Å². The summed E-state index contributed by atoms with van der Waals surface area (Å²) in [6.45, 7) is 0.612. The van der Waals surface area contributed by atoms with E-state index in [-0.39, 0.29) is 12.1 Å². The lowest BCUT2D eigenvalue weighted by molar-refractivity contribution is 0.193. The van der Waals surface area contributed by atoms with E-state index < -0.39 is 0 Å². The zero-order valence-corrected chi connectivity index (χ0v) is 16.0. The van der Waals surface area contributed by atoms with Gasteiger partial charge in [0, 0.05) is 17.1 Å². The van der Waals surface area contributed by atoms with Crippen LogP contribution in [-0.4, -0.2) is 34.7 Å². The standard InChI is InChI=1S/C20H19ClN4O3/c1-27-17-10-3-2-8-15(17)22-20(26)25-11-5-9-16(25)19-23-18(24-28-19)13-6-4-7-14(21)12-13/h2-4,6-8,10,12,16H,5,9,11H2,1H3,(H,22,26). The van der Waals surface area contributed by atoms with E-state index in [9.17, 15) is 4.79 Å². The van der Waals surface area contributed by atoms with Crippen molar-refractivity contribution in [3.05, 3.63) is 59.4 Å². The average molecular weight is 399 g/mol. The van der Waals surface area contributed by atoms with Crippen molar-refractivity contribution < 1.29 is 14.1 Å². The van der Waals surface area contributed by atoms with Gasteiger partial charge in [0.1, 0.15) is 11.8 Å². The van der Waals surface area contributed by atoms with E-state index in [1.807, 2.05) is 24.3 Å². The average Bonchev–Trinajstić information content (AvgIpc) is 3.38. The zero-order valence-electron chi connectivity index (χ0n) is 15.3. The van der Waals surface area contributed by atoms with Gasteiger partial charge in [0.25, 0.3) is 0 Å². The molecule has 144 valence electrons. The Kier molecular flexibility index (Phi) is 5.16. The number of urea groups is 1. The lowest BCUT2D eigenvalue weighted by atomic mass is 10.2. The van der Waals surface area contributed by atoms with Crippen molar-refractivity contribution in [2.75, 3.05) is 19.0 Å². The molecule has 0 aliphatic carbocycles. The highest BCUT2D eigenvalue weighted by atomic mass is 35.5. The van der Waals surface area contributed by atoms with E-state index in [0.29, 0.717) is 34.7 Å². The van der Waals surface area contributed by atoms with Crippen molar-refractivity contribution in [3.63, 3.8) is 0 Å². The monoisotopic (exact) mass is 398 g/mol. The summed E-state index contributed by atoms with van der Waals surface area (Å²) in [5.41, 5.74) is 1.39. The fourth-order valence-electron chi connectivity index (χ4n) is 3.32. The number of methoxy groups -OCH3 is 1. The molecule has 28 heavy (non-hydrogen) atoms. The van der Waals surface area contributed by atoms with Gasteiger partial charge in [-0.15, -0.1) is 0 Å². The molecule has 8 heteroatoms. The number of para-hydroxylation sites is 2. The minimum Gasteiger partial charge on any atom is -0.495 e. The highest BCUT2D eigenvalue weighted by molar-refractivity contribution is 6.30. The number of rotatable bonds is 4. The summed E-state index contributed by atoms with van der Waals surface area (Å²) in [7, 11) is 1.57. The van der Waals surface area contributed by atoms with Crippen molar-refractivity contribution in [2.45, 2.75) is 18.9 Å². The fraction of sp³-hybridized carbons (Fsp3) is 0.250. The van der Waals surface area contributed by atoms with Crippen molar-refractivity contribution >= 4 is 23.3 Å². The molecule has 0 radical (unpaired) electrons. The third-order valence-corrected chi connectivity index (χ3v) is 4.91. The summed E-state index contributed by atoms with van der Waals surface area (Å²) in [4.78, 5) is 19.0. The molecule has 0 saturated carbocycles. The number of carbonyl (C=O) groups is 1. The third-order valence-electron chi connectivity index (χ3n) is 4.67. The Morgan fingerprint density at radius 1 is 1.29 bits per heavy atom. The van der Waals surface area contributed by atoms with Crippen LogP contribution in [0.4, 0.5) is 10.5 Å². The van der Waals surface area contributed by atoms with Gasteiger partial charge in [-0.05, 0) is 37.1 Å². The predicted octanol–water partition coefficient (Wildman–Crippen LogP) is 4.77. The highest BCUT2D eigenvalue weighted by Gasteiger charge is 2.34. The van der Waals surface area contributed by atoms with Crippen LogP contribution in [0.1, 0.15) is 24.8 Å². The van der Waals surface area contributed by atoms with Crippen LogP contribution < -0.4 is 10.1 Å². The molecule has 2 amide bonds. The number of hydrogen-bond acceptors (Lipinski definition) is 5. The minimum atomic E-state index is -0.268. The molecule has 4 rings (SSSR count). The van der Waals surface area contributed by atoms with E-state index >= 15 is 0 Å². The van der Waals surface area contributed by atoms with Crippen molar-refractivity contribution in [2.24, 2.45) is 0 Å². The molecule has 1 aliphatic rings. The molecule has 2 heterocycles. The van der Waals surface area contributed by atoms with Gasteiger partial charge < -0.3 is 19.5 Å². The molecule has 1 fully saturated rings.